The van der Waals surface area contributed by atoms with Crippen molar-refractivity contribution in [3.63, 3.8) is 0 Å². The number of nitrogens with one attached hydrogen (secondary N) is 2. The van der Waals surface area contributed by atoms with Crippen molar-refractivity contribution in [1.29, 1.82) is 0 Å². The molecule has 2 aromatic carbocycles. The lowest BCUT2D eigenvalue weighted by Crippen LogP contribution is -2.67. The predicted molar refractivity (Wildman–Crippen MR) is 167 cm³/mol. The summed E-state index contributed by atoms with van der Waals surface area (Å²) in [6.07, 6.45) is -1.49. The monoisotopic (exact) mass is 616 g/mol. The quantitative estimate of drug-likeness (QED) is 0.187. The Morgan fingerprint density at radius 3 is 2.27 bits per heavy atom. The molecule has 12 heteroatoms. The predicted octanol–water partition coefficient (Wildman–Crippen LogP) is 2.75. The summed E-state index contributed by atoms with van der Waals surface area (Å²) in [6.45, 7) is 13.5. The van der Waals surface area contributed by atoms with Gasteiger partial charge in [-0.2, -0.15) is 0 Å². The van der Waals surface area contributed by atoms with Crippen molar-refractivity contribution in [3.05, 3.63) is 42.5 Å². The Balaban J connectivity index is 1.61. The third-order valence-corrected chi connectivity index (χ3v) is 6.80. The van der Waals surface area contributed by atoms with Gasteiger partial charge in [0.25, 0.3) is 0 Å². The van der Waals surface area contributed by atoms with Gasteiger partial charge in [0.1, 0.15) is 29.7 Å². The van der Waals surface area contributed by atoms with Gasteiger partial charge in [-0.15, -0.1) is 5.43 Å². The van der Waals surface area contributed by atoms with Gasteiger partial charge in [0, 0.05) is 51.3 Å². The summed E-state index contributed by atoms with van der Waals surface area (Å²) >= 11 is 0. The van der Waals surface area contributed by atoms with E-state index in [0.29, 0.717) is 18.7 Å². The van der Waals surface area contributed by atoms with Crippen LogP contribution in [0.1, 0.15) is 61.3 Å². The van der Waals surface area contributed by atoms with Gasteiger partial charge in [-0.05, 0) is 53.0 Å². The van der Waals surface area contributed by atoms with E-state index in [-0.39, 0.29) is 50.8 Å². The van der Waals surface area contributed by atoms with Gasteiger partial charge >= 0.3 is 12.2 Å². The van der Waals surface area contributed by atoms with Crippen LogP contribution < -0.4 is 20.9 Å². The van der Waals surface area contributed by atoms with E-state index in [4.69, 9.17) is 14.2 Å². The SMILES string of the molecule is CC1(CCN(CCNC(=O)OC(C)(C)C)C(=O)CCN(CC(O)COc2cccc3ccccc23)C(=O)OC(C)(C)C)N[NH2+]1. The van der Waals surface area contributed by atoms with E-state index in [9.17, 15) is 19.5 Å². The second kappa shape index (κ2) is 14.9. The van der Waals surface area contributed by atoms with Gasteiger partial charge in [0.05, 0.1) is 6.54 Å². The highest BCUT2D eigenvalue weighted by molar-refractivity contribution is 5.88. The summed E-state index contributed by atoms with van der Waals surface area (Å²) in [4.78, 5) is 41.6. The molecule has 0 saturated carbocycles. The minimum Gasteiger partial charge on any atom is -0.490 e. The molecule has 2 atom stereocenters. The molecule has 1 saturated heterocycles. The van der Waals surface area contributed by atoms with Crippen molar-refractivity contribution in [1.82, 2.24) is 20.5 Å². The lowest BCUT2D eigenvalue weighted by atomic mass is 10.1. The second-order valence-corrected chi connectivity index (χ2v) is 13.4. The van der Waals surface area contributed by atoms with Crippen molar-refractivity contribution < 1.29 is 39.1 Å². The van der Waals surface area contributed by atoms with E-state index >= 15 is 0 Å². The summed E-state index contributed by atoms with van der Waals surface area (Å²) in [5.41, 5.74) is 3.64. The first-order valence-corrected chi connectivity index (χ1v) is 15.2. The molecule has 0 aliphatic carbocycles. The number of ether oxygens (including phenoxy) is 3. The molecule has 44 heavy (non-hydrogen) atoms. The Bertz CT molecular complexity index is 1260. The van der Waals surface area contributed by atoms with Gasteiger partial charge in [-0.3, -0.25) is 4.79 Å². The Morgan fingerprint density at radius 1 is 0.955 bits per heavy atom. The molecular formula is C32H50N5O7+. The molecule has 2 aromatic rings. The molecule has 1 aliphatic rings. The summed E-state index contributed by atoms with van der Waals surface area (Å²) in [6, 6.07) is 13.5. The zero-order valence-electron chi connectivity index (χ0n) is 27.1. The number of quaternary nitrogens is 1. The Labute approximate surface area is 260 Å². The molecule has 3 amide bonds. The first kappa shape index (κ1) is 34.9. The third-order valence-electron chi connectivity index (χ3n) is 6.80. The number of carbonyl (C=O) groups excluding carboxylic acids is 3. The largest absolute Gasteiger partial charge is 0.490 e. The number of benzene rings is 2. The Kier molecular flexibility index (Phi) is 11.8. The number of nitrogens with zero attached hydrogens (tertiary/aromatic N) is 2. The van der Waals surface area contributed by atoms with Crippen LogP contribution in [-0.4, -0.2) is 95.3 Å². The highest BCUT2D eigenvalue weighted by atomic mass is 16.6. The lowest BCUT2D eigenvalue weighted by Gasteiger charge is -2.30. The van der Waals surface area contributed by atoms with E-state index in [2.05, 4.69) is 10.7 Å². The maximum Gasteiger partial charge on any atom is 0.410 e. The zero-order valence-corrected chi connectivity index (χ0v) is 27.1. The number of alkyl carbamates (subject to hydrolysis) is 1. The van der Waals surface area contributed by atoms with Crippen LogP contribution in [0.2, 0.25) is 0 Å². The number of nitrogens with two attached hydrogens (primary N) is 1. The number of hydrogen-bond donors (Lipinski definition) is 4. The van der Waals surface area contributed by atoms with E-state index in [1.54, 1.807) is 46.4 Å². The normalized spacial score (nSPS) is 17.0. The van der Waals surface area contributed by atoms with Crippen LogP contribution in [0, 0.1) is 0 Å². The maximum absolute atomic E-state index is 13.4. The summed E-state index contributed by atoms with van der Waals surface area (Å²) < 4.78 is 16.8. The van der Waals surface area contributed by atoms with Gasteiger partial charge < -0.3 is 34.4 Å². The minimum atomic E-state index is -1.03. The molecule has 2 unspecified atom stereocenters. The van der Waals surface area contributed by atoms with E-state index in [0.717, 1.165) is 10.8 Å². The molecule has 1 aliphatic heterocycles. The molecule has 0 radical (unpaired) electrons. The average molecular weight is 617 g/mol. The number of hydrogen-bond acceptors (Lipinski definition) is 8. The number of aliphatic hydroxyl groups excluding tert-OH is 1. The molecule has 12 nitrogen and oxygen atoms in total. The molecule has 0 bridgehead atoms. The van der Waals surface area contributed by atoms with Crippen molar-refractivity contribution in [2.24, 2.45) is 0 Å². The average Bonchev–Trinajstić information content (AvgIpc) is 3.66. The van der Waals surface area contributed by atoms with Gasteiger partial charge in [-0.1, -0.05) is 36.4 Å². The molecule has 5 N–H and O–H groups in total. The first-order valence-electron chi connectivity index (χ1n) is 15.2. The fourth-order valence-corrected chi connectivity index (χ4v) is 4.39. The van der Waals surface area contributed by atoms with Crippen molar-refractivity contribution in [2.75, 3.05) is 39.3 Å². The number of carbonyl (C=O) groups is 3. The van der Waals surface area contributed by atoms with E-state index < -0.39 is 29.5 Å². The fraction of sp³-hybridized carbons (Fsp3) is 0.594. The van der Waals surface area contributed by atoms with E-state index in [1.807, 2.05) is 54.8 Å². The summed E-state index contributed by atoms with van der Waals surface area (Å²) in [5, 5.41) is 15.5. The van der Waals surface area contributed by atoms with Crippen molar-refractivity contribution in [2.45, 2.75) is 84.3 Å². The van der Waals surface area contributed by atoms with Crippen molar-refractivity contribution >= 4 is 28.9 Å². The fourth-order valence-electron chi connectivity index (χ4n) is 4.39. The smallest absolute Gasteiger partial charge is 0.410 e. The first-order chi connectivity index (χ1) is 20.5. The Hall–Kier alpha value is -3.61. The van der Waals surface area contributed by atoms with Gasteiger partial charge in [0.15, 0.2) is 0 Å². The second-order valence-electron chi connectivity index (χ2n) is 13.4. The van der Waals surface area contributed by atoms with Crippen molar-refractivity contribution in [3.8, 4) is 5.75 Å². The summed E-state index contributed by atoms with van der Waals surface area (Å²) in [7, 11) is 0. The minimum absolute atomic E-state index is 0.0104. The van der Waals surface area contributed by atoms with Crippen LogP contribution in [0.4, 0.5) is 9.59 Å². The van der Waals surface area contributed by atoms with Crippen LogP contribution >= 0.6 is 0 Å². The zero-order chi connectivity index (χ0) is 32.5. The van der Waals surface area contributed by atoms with Crippen LogP contribution in [0.15, 0.2) is 42.5 Å². The molecule has 1 fully saturated rings. The summed E-state index contributed by atoms with van der Waals surface area (Å²) in [5.74, 6) is 0.447. The number of fused-ring (bicyclic) bond motifs is 1. The molecule has 0 spiro atoms. The molecule has 3 rings (SSSR count). The van der Waals surface area contributed by atoms with Gasteiger partial charge in [-0.25, -0.2) is 15.0 Å². The van der Waals surface area contributed by atoms with Crippen LogP contribution in [0.5, 0.6) is 5.75 Å². The molecule has 0 aromatic heterocycles. The lowest BCUT2D eigenvalue weighted by molar-refractivity contribution is -0.548. The third kappa shape index (κ3) is 12.2. The maximum atomic E-state index is 13.4. The molecule has 1 heterocycles. The van der Waals surface area contributed by atoms with Crippen LogP contribution in [-0.2, 0) is 14.3 Å². The van der Waals surface area contributed by atoms with Gasteiger partial charge in [0.2, 0.25) is 11.6 Å². The van der Waals surface area contributed by atoms with Crippen LogP contribution in [0.3, 0.4) is 0 Å². The standard InChI is InChI=1S/C32H49N5O7/c1-30(2,3)43-28(40)33-17-20-36(19-16-32(7)34-35-32)27(39)15-18-37(29(41)44-31(4,5)6)21-24(38)22-42-26-14-10-12-23-11-8-9-13-25(23)26/h8-14,24,34-35,38H,15-22H2,1-7H3,(H,33,40)/p+1. The number of aliphatic hydroxyl groups is 1. The number of amides is 3. The highest BCUT2D eigenvalue weighted by Crippen LogP contribution is 2.25. The van der Waals surface area contributed by atoms with E-state index in [1.165, 1.54) is 4.90 Å². The Morgan fingerprint density at radius 2 is 1.61 bits per heavy atom. The van der Waals surface area contributed by atoms with Crippen LogP contribution in [0.25, 0.3) is 10.8 Å². The number of rotatable bonds is 14. The molecule has 244 valence electrons. The highest BCUT2D eigenvalue weighted by Gasteiger charge is 2.43. The topological polar surface area (TPSA) is 156 Å². The molecular weight excluding hydrogens is 566 g/mol.